The van der Waals surface area contributed by atoms with Crippen LogP contribution in [0.15, 0.2) is 47.1 Å². The van der Waals surface area contributed by atoms with Crippen LogP contribution in [0.4, 0.5) is 5.69 Å². The van der Waals surface area contributed by atoms with Crippen LogP contribution in [-0.2, 0) is 4.79 Å². The van der Waals surface area contributed by atoms with Crippen molar-refractivity contribution < 1.29 is 14.7 Å². The quantitative estimate of drug-likeness (QED) is 0.338. The van der Waals surface area contributed by atoms with Crippen molar-refractivity contribution in [2.75, 3.05) is 5.23 Å². The second-order valence-corrected chi connectivity index (χ2v) is 10.4. The molecule has 1 N–H and O–H groups in total. The van der Waals surface area contributed by atoms with Gasteiger partial charge in [0.25, 0.3) is 0 Å². The fourth-order valence-electron chi connectivity index (χ4n) is 6.67. The molecule has 0 saturated heterocycles. The number of anilines is 1. The van der Waals surface area contributed by atoms with Crippen LogP contribution in [0.25, 0.3) is 0 Å². The van der Waals surface area contributed by atoms with Crippen LogP contribution in [0.3, 0.4) is 0 Å². The van der Waals surface area contributed by atoms with E-state index in [2.05, 4.69) is 33.8 Å². The molecule has 0 radical (unpaired) electrons. The molecule has 1 aromatic rings. The second-order valence-electron chi connectivity index (χ2n) is 10.4. The molecule has 5 heteroatoms. The predicted octanol–water partition coefficient (Wildman–Crippen LogP) is 6.56. The summed E-state index contributed by atoms with van der Waals surface area (Å²) in [5, 5.41) is 19.8. The van der Waals surface area contributed by atoms with Crippen LogP contribution < -0.4 is 9.96 Å². The van der Waals surface area contributed by atoms with E-state index in [1.54, 1.807) is 17.7 Å². The molecular weight excluding hydrogens is 390 g/mol. The van der Waals surface area contributed by atoms with Crippen molar-refractivity contribution in [3.8, 4) is 5.75 Å². The molecule has 3 aliphatic rings. The molecule has 5 nitrogen and oxygen atoms in total. The van der Waals surface area contributed by atoms with Crippen LogP contribution in [0.2, 0.25) is 0 Å². The van der Waals surface area contributed by atoms with Gasteiger partial charge in [0, 0.05) is 0 Å². The summed E-state index contributed by atoms with van der Waals surface area (Å²) < 4.78 is 5.81. The molecule has 31 heavy (non-hydrogen) atoms. The average Bonchev–Trinajstić information content (AvgIpc) is 2.73. The molecule has 2 fully saturated rings. The maximum atomic E-state index is 13.4. The number of carbonyl (C=O) groups excluding carboxylic acids is 1. The standard InChI is InChI=1S/C26H34NO4/c1-17(2)18-6-12-22-19(16-18)7-13-23-25(22,3)14-5-15-26(23,4)24(28)31-21-10-8-20(9-11-21)27(29)30/h8-11,16,22-23,29H,5-7,12-15H2,1-4H3/q-1/t22-,23+,25+,26+/m0/s1. The lowest BCUT2D eigenvalue weighted by Crippen LogP contribution is -2.54. The minimum atomic E-state index is -0.518. The molecule has 0 bridgehead atoms. The van der Waals surface area contributed by atoms with Gasteiger partial charge in [-0.15, -0.1) is 0 Å². The van der Waals surface area contributed by atoms with Crippen LogP contribution in [0.1, 0.15) is 72.6 Å². The number of fused-ring (bicyclic) bond motifs is 3. The highest BCUT2D eigenvalue weighted by molar-refractivity contribution is 5.79. The van der Waals surface area contributed by atoms with E-state index < -0.39 is 5.41 Å². The van der Waals surface area contributed by atoms with Crippen molar-refractivity contribution >= 4 is 11.7 Å². The number of ether oxygens (including phenoxy) is 1. The van der Waals surface area contributed by atoms with Crippen LogP contribution in [-0.4, -0.2) is 11.2 Å². The van der Waals surface area contributed by atoms with Gasteiger partial charge < -0.3 is 15.2 Å². The van der Waals surface area contributed by atoms with E-state index in [0.29, 0.717) is 17.6 Å². The van der Waals surface area contributed by atoms with E-state index in [1.807, 2.05) is 0 Å². The normalized spacial score (nSPS) is 32.5. The maximum Gasteiger partial charge on any atom is 0.317 e. The van der Waals surface area contributed by atoms with E-state index in [9.17, 15) is 10.0 Å². The third-order valence-electron chi connectivity index (χ3n) is 8.38. The largest absolute Gasteiger partial charge is 0.733 e. The molecule has 0 heterocycles. The topological polar surface area (TPSA) is 72.8 Å². The van der Waals surface area contributed by atoms with Gasteiger partial charge in [0.15, 0.2) is 0 Å². The first-order valence-electron chi connectivity index (χ1n) is 11.5. The molecule has 2 saturated carbocycles. The number of allylic oxidation sites excluding steroid dienone is 4. The molecular formula is C26H34NO4-. The van der Waals surface area contributed by atoms with Crippen molar-refractivity contribution in [1.82, 2.24) is 0 Å². The zero-order valence-corrected chi connectivity index (χ0v) is 19.1. The van der Waals surface area contributed by atoms with Crippen molar-refractivity contribution in [2.24, 2.45) is 22.7 Å². The molecule has 4 atom stereocenters. The Balaban J connectivity index is 1.58. The smallest absolute Gasteiger partial charge is 0.317 e. The van der Waals surface area contributed by atoms with Gasteiger partial charge in [-0.3, -0.25) is 10.0 Å². The number of carbonyl (C=O) groups is 1. The molecule has 0 amide bonds. The Morgan fingerprint density at radius 2 is 1.84 bits per heavy atom. The predicted molar refractivity (Wildman–Crippen MR) is 122 cm³/mol. The Morgan fingerprint density at radius 1 is 1.13 bits per heavy atom. The number of rotatable bonds is 3. The lowest BCUT2D eigenvalue weighted by Gasteiger charge is -2.58. The lowest BCUT2D eigenvalue weighted by molar-refractivity contribution is -0.161. The van der Waals surface area contributed by atoms with Crippen LogP contribution in [0.5, 0.6) is 5.75 Å². The Bertz CT molecular complexity index is 912. The summed E-state index contributed by atoms with van der Waals surface area (Å²) in [7, 11) is 0. The van der Waals surface area contributed by atoms with Crippen LogP contribution in [0, 0.1) is 27.9 Å². The number of esters is 1. The van der Waals surface area contributed by atoms with E-state index in [-0.39, 0.29) is 22.3 Å². The zero-order chi connectivity index (χ0) is 22.4. The fraction of sp³-hybridized carbons (Fsp3) is 0.577. The monoisotopic (exact) mass is 424 g/mol. The van der Waals surface area contributed by atoms with E-state index >= 15 is 0 Å². The van der Waals surface area contributed by atoms with E-state index in [0.717, 1.165) is 38.5 Å². The first kappa shape index (κ1) is 22.1. The van der Waals surface area contributed by atoms with Gasteiger partial charge in [0.1, 0.15) is 5.75 Å². The Kier molecular flexibility index (Phi) is 5.78. The van der Waals surface area contributed by atoms with Gasteiger partial charge in [-0.25, -0.2) is 0 Å². The van der Waals surface area contributed by atoms with Gasteiger partial charge in [0.2, 0.25) is 0 Å². The van der Waals surface area contributed by atoms with Gasteiger partial charge in [-0.1, -0.05) is 30.6 Å². The first-order valence-corrected chi connectivity index (χ1v) is 11.5. The molecule has 3 aliphatic carbocycles. The first-order chi connectivity index (χ1) is 14.6. The summed E-state index contributed by atoms with van der Waals surface area (Å²) in [5.41, 5.74) is 4.20. The number of benzene rings is 1. The highest BCUT2D eigenvalue weighted by Crippen LogP contribution is 2.63. The molecule has 0 aliphatic heterocycles. The number of hydrogen-bond acceptors (Lipinski definition) is 5. The SMILES string of the molecule is CC(C)=C1C=C2CC[C@@H]3[C@](C)(CCC[C@@]3(C)C(=O)Oc3ccc(N([O-])O)cc3)[C@H]2CC1. The summed E-state index contributed by atoms with van der Waals surface area (Å²) in [4.78, 5) is 13.4. The zero-order valence-electron chi connectivity index (χ0n) is 19.1. The van der Waals surface area contributed by atoms with Gasteiger partial charge in [-0.05, 0) is 106 Å². The number of nitrogens with zero attached hydrogens (tertiary/aromatic N) is 1. The minimum absolute atomic E-state index is 0.107. The summed E-state index contributed by atoms with van der Waals surface area (Å²) >= 11 is 0. The average molecular weight is 425 g/mol. The van der Waals surface area contributed by atoms with Gasteiger partial charge >= 0.3 is 5.97 Å². The Morgan fingerprint density at radius 3 is 2.48 bits per heavy atom. The third-order valence-corrected chi connectivity index (χ3v) is 8.38. The molecule has 168 valence electrons. The van der Waals surface area contributed by atoms with Crippen molar-refractivity contribution in [2.45, 2.75) is 72.6 Å². The van der Waals surface area contributed by atoms with E-state index in [1.165, 1.54) is 29.7 Å². The third kappa shape index (κ3) is 3.83. The summed E-state index contributed by atoms with van der Waals surface area (Å²) in [6, 6.07) is 6.01. The van der Waals surface area contributed by atoms with Crippen LogP contribution >= 0.6 is 0 Å². The van der Waals surface area contributed by atoms with Crippen molar-refractivity contribution in [3.63, 3.8) is 0 Å². The number of hydrogen-bond donors (Lipinski definition) is 1. The molecule has 0 unspecified atom stereocenters. The van der Waals surface area contributed by atoms with Crippen molar-refractivity contribution in [1.29, 1.82) is 0 Å². The molecule has 0 spiro atoms. The Hall–Kier alpha value is -2.11. The minimum Gasteiger partial charge on any atom is -0.733 e. The summed E-state index contributed by atoms with van der Waals surface area (Å²) in [5.74, 6) is 1.08. The van der Waals surface area contributed by atoms with Gasteiger partial charge in [-0.2, -0.15) is 0 Å². The van der Waals surface area contributed by atoms with Crippen molar-refractivity contribution in [3.05, 3.63) is 52.3 Å². The highest BCUT2D eigenvalue weighted by atomic mass is 16.8. The lowest BCUT2D eigenvalue weighted by atomic mass is 9.46. The molecule has 0 aromatic heterocycles. The molecule has 1 aromatic carbocycles. The second kappa shape index (κ2) is 8.10. The summed E-state index contributed by atoms with van der Waals surface area (Å²) in [6.07, 6.45) is 9.90. The summed E-state index contributed by atoms with van der Waals surface area (Å²) in [6.45, 7) is 8.91. The van der Waals surface area contributed by atoms with Gasteiger partial charge in [0.05, 0.1) is 11.1 Å². The maximum absolute atomic E-state index is 13.4. The Labute approximate surface area is 185 Å². The fourth-order valence-corrected chi connectivity index (χ4v) is 6.67. The highest BCUT2D eigenvalue weighted by Gasteiger charge is 2.58. The molecule has 4 rings (SSSR count). The van der Waals surface area contributed by atoms with E-state index in [4.69, 9.17) is 9.94 Å².